The summed E-state index contributed by atoms with van der Waals surface area (Å²) in [5.41, 5.74) is 0.0796. The number of hydrogen-bond acceptors (Lipinski definition) is 9. The van der Waals surface area contributed by atoms with Crippen LogP contribution in [0.15, 0.2) is 60.8 Å². The largest absolute Gasteiger partial charge is 0.484 e. The number of nitro groups is 1. The molecule has 12 heteroatoms. The van der Waals surface area contributed by atoms with Gasteiger partial charge in [0, 0.05) is 5.69 Å². The van der Waals surface area contributed by atoms with Crippen LogP contribution in [0.25, 0.3) is 0 Å². The van der Waals surface area contributed by atoms with E-state index in [-0.39, 0.29) is 42.8 Å². The molecule has 0 fully saturated rings. The lowest BCUT2D eigenvalue weighted by Gasteiger charge is -2.31. The molecular formula is C26H26N4O8. The number of hydrogen-bond donors (Lipinski definition) is 1. The second kappa shape index (κ2) is 11.0. The number of ether oxygens (including phenoxy) is 4. The summed E-state index contributed by atoms with van der Waals surface area (Å²) < 4.78 is 22.1. The van der Waals surface area contributed by atoms with Crippen LogP contribution in [-0.4, -0.2) is 40.8 Å². The molecule has 38 heavy (non-hydrogen) atoms. The van der Waals surface area contributed by atoms with E-state index in [1.54, 1.807) is 32.9 Å². The molecule has 2 amide bonds. The average molecular weight is 523 g/mol. The Morgan fingerprint density at radius 2 is 1.84 bits per heavy atom. The van der Waals surface area contributed by atoms with E-state index in [4.69, 9.17) is 18.9 Å². The van der Waals surface area contributed by atoms with Crippen molar-refractivity contribution in [2.24, 2.45) is 0 Å². The first-order chi connectivity index (χ1) is 18.1. The zero-order valence-corrected chi connectivity index (χ0v) is 21.0. The van der Waals surface area contributed by atoms with Gasteiger partial charge in [-0.2, -0.15) is 0 Å². The van der Waals surface area contributed by atoms with Crippen LogP contribution in [0.3, 0.4) is 0 Å². The molecule has 4 rings (SSSR count). The van der Waals surface area contributed by atoms with Gasteiger partial charge in [-0.25, -0.2) is 14.6 Å². The van der Waals surface area contributed by atoms with E-state index >= 15 is 0 Å². The SMILES string of the molecule is CC(C)(C)OC(=O)N1CCOc2c1ncc([N+](=O)[O-])c2Oc1ccc(NC(=O)OCc2ccccc2)cc1. The first kappa shape index (κ1) is 26.2. The van der Waals surface area contributed by atoms with E-state index in [1.807, 2.05) is 30.3 Å². The van der Waals surface area contributed by atoms with Gasteiger partial charge < -0.3 is 18.9 Å². The van der Waals surface area contributed by atoms with Crippen molar-refractivity contribution < 1.29 is 33.5 Å². The lowest BCUT2D eigenvalue weighted by Crippen LogP contribution is -2.42. The van der Waals surface area contributed by atoms with E-state index in [0.717, 1.165) is 11.8 Å². The number of fused-ring (bicyclic) bond motifs is 1. The molecule has 198 valence electrons. The normalized spacial score (nSPS) is 12.6. The molecule has 1 aromatic heterocycles. The summed E-state index contributed by atoms with van der Waals surface area (Å²) in [5, 5.41) is 14.3. The van der Waals surface area contributed by atoms with Crippen molar-refractivity contribution in [2.45, 2.75) is 33.0 Å². The molecule has 2 aromatic carbocycles. The Morgan fingerprint density at radius 3 is 2.50 bits per heavy atom. The second-order valence-corrected chi connectivity index (χ2v) is 9.18. The third-order valence-corrected chi connectivity index (χ3v) is 5.11. The maximum absolute atomic E-state index is 12.7. The maximum atomic E-state index is 12.7. The Bertz CT molecular complexity index is 1320. The van der Waals surface area contributed by atoms with Gasteiger partial charge in [0.05, 0.1) is 11.5 Å². The van der Waals surface area contributed by atoms with Crippen molar-refractivity contribution in [3.8, 4) is 17.2 Å². The van der Waals surface area contributed by atoms with Crippen molar-refractivity contribution >= 4 is 29.4 Å². The molecule has 0 atom stereocenters. The van der Waals surface area contributed by atoms with Gasteiger partial charge in [-0.15, -0.1) is 0 Å². The smallest absolute Gasteiger partial charge is 0.416 e. The molecular weight excluding hydrogens is 496 g/mol. The predicted octanol–water partition coefficient (Wildman–Crippen LogP) is 5.66. The highest BCUT2D eigenvalue weighted by Crippen LogP contribution is 2.46. The summed E-state index contributed by atoms with van der Waals surface area (Å²) in [4.78, 5) is 41.2. The Labute approximate surface area is 218 Å². The summed E-state index contributed by atoms with van der Waals surface area (Å²) >= 11 is 0. The minimum absolute atomic E-state index is 0.0468. The molecule has 0 unspecified atom stereocenters. The van der Waals surface area contributed by atoms with Gasteiger partial charge >= 0.3 is 17.9 Å². The van der Waals surface area contributed by atoms with E-state index < -0.39 is 28.4 Å². The minimum Gasteiger partial charge on any atom is -0.484 e. The summed E-state index contributed by atoms with van der Waals surface area (Å²) in [6.45, 7) is 5.50. The Balaban J connectivity index is 1.50. The number of aromatic nitrogens is 1. The summed E-state index contributed by atoms with van der Waals surface area (Å²) in [6.07, 6.45) is -0.306. The number of nitrogens with zero attached hydrogens (tertiary/aromatic N) is 3. The fraction of sp³-hybridized carbons (Fsp3) is 0.269. The number of benzene rings is 2. The number of pyridine rings is 1. The number of carbonyl (C=O) groups excluding carboxylic acids is 2. The van der Waals surface area contributed by atoms with Crippen LogP contribution in [0.2, 0.25) is 0 Å². The van der Waals surface area contributed by atoms with Gasteiger partial charge in [-0.3, -0.25) is 20.3 Å². The molecule has 0 radical (unpaired) electrons. The minimum atomic E-state index is -0.751. The topological polar surface area (TPSA) is 142 Å². The van der Waals surface area contributed by atoms with E-state index in [2.05, 4.69) is 10.3 Å². The van der Waals surface area contributed by atoms with Crippen LogP contribution >= 0.6 is 0 Å². The quantitative estimate of drug-likeness (QED) is 0.320. The maximum Gasteiger partial charge on any atom is 0.416 e. The number of amides is 2. The zero-order valence-electron chi connectivity index (χ0n) is 21.0. The van der Waals surface area contributed by atoms with Crippen LogP contribution in [-0.2, 0) is 16.1 Å². The number of carbonyl (C=O) groups is 2. The third-order valence-electron chi connectivity index (χ3n) is 5.11. The highest BCUT2D eigenvalue weighted by molar-refractivity contribution is 5.90. The number of rotatable bonds is 6. The first-order valence-corrected chi connectivity index (χ1v) is 11.7. The third kappa shape index (κ3) is 6.46. The van der Waals surface area contributed by atoms with E-state index in [1.165, 1.54) is 17.0 Å². The molecule has 2 heterocycles. The molecule has 0 spiro atoms. The lowest BCUT2D eigenvalue weighted by molar-refractivity contribution is -0.386. The lowest BCUT2D eigenvalue weighted by atomic mass is 10.2. The van der Waals surface area contributed by atoms with Crippen LogP contribution in [0.4, 0.5) is 26.8 Å². The van der Waals surface area contributed by atoms with Crippen LogP contribution in [0.1, 0.15) is 26.3 Å². The van der Waals surface area contributed by atoms with E-state index in [0.29, 0.717) is 5.69 Å². The van der Waals surface area contributed by atoms with Crippen molar-refractivity contribution in [1.29, 1.82) is 0 Å². The molecule has 0 saturated heterocycles. The van der Waals surface area contributed by atoms with Crippen molar-refractivity contribution in [3.05, 3.63) is 76.5 Å². The van der Waals surface area contributed by atoms with Gasteiger partial charge in [0.2, 0.25) is 5.75 Å². The summed E-state index contributed by atoms with van der Waals surface area (Å²) in [7, 11) is 0. The molecule has 0 bridgehead atoms. The standard InChI is InChI=1S/C26H26N4O8/c1-26(2,3)38-25(32)29-13-14-35-22-21(20(30(33)34)15-27-23(22)29)37-19-11-9-18(10-12-19)28-24(31)36-16-17-7-5-4-6-8-17/h4-12,15H,13-14,16H2,1-3H3,(H,28,31). The molecule has 12 nitrogen and oxygen atoms in total. The fourth-order valence-electron chi connectivity index (χ4n) is 3.45. The fourth-order valence-corrected chi connectivity index (χ4v) is 3.45. The van der Waals surface area contributed by atoms with Gasteiger partial charge in [0.15, 0.2) is 5.82 Å². The Morgan fingerprint density at radius 1 is 1.13 bits per heavy atom. The molecule has 1 aliphatic heterocycles. The highest BCUT2D eigenvalue weighted by atomic mass is 16.6. The molecule has 1 aliphatic rings. The van der Waals surface area contributed by atoms with Crippen molar-refractivity contribution in [2.75, 3.05) is 23.4 Å². The van der Waals surface area contributed by atoms with Crippen LogP contribution in [0.5, 0.6) is 17.2 Å². The molecule has 0 aliphatic carbocycles. The van der Waals surface area contributed by atoms with Gasteiger partial charge in [0.1, 0.15) is 30.8 Å². The monoisotopic (exact) mass is 522 g/mol. The highest BCUT2D eigenvalue weighted by Gasteiger charge is 2.35. The van der Waals surface area contributed by atoms with Gasteiger partial charge in [-0.05, 0) is 50.6 Å². The second-order valence-electron chi connectivity index (χ2n) is 9.18. The Hall–Kier alpha value is -4.87. The Kier molecular flexibility index (Phi) is 7.61. The van der Waals surface area contributed by atoms with Crippen LogP contribution in [0, 0.1) is 10.1 Å². The molecule has 1 N–H and O–H groups in total. The van der Waals surface area contributed by atoms with E-state index in [9.17, 15) is 19.7 Å². The molecule has 0 saturated carbocycles. The van der Waals surface area contributed by atoms with Crippen molar-refractivity contribution in [1.82, 2.24) is 4.98 Å². The molecule has 3 aromatic rings. The van der Waals surface area contributed by atoms with Gasteiger partial charge in [0.25, 0.3) is 5.75 Å². The van der Waals surface area contributed by atoms with Crippen molar-refractivity contribution in [3.63, 3.8) is 0 Å². The zero-order chi connectivity index (χ0) is 27.3. The predicted molar refractivity (Wildman–Crippen MR) is 137 cm³/mol. The van der Waals surface area contributed by atoms with Crippen LogP contribution < -0.4 is 19.7 Å². The number of nitrogens with one attached hydrogen (secondary N) is 1. The summed E-state index contributed by atoms with van der Waals surface area (Å²) in [6, 6.07) is 15.4. The average Bonchev–Trinajstić information content (AvgIpc) is 2.88. The first-order valence-electron chi connectivity index (χ1n) is 11.7. The number of anilines is 2. The van der Waals surface area contributed by atoms with Gasteiger partial charge in [-0.1, -0.05) is 30.3 Å². The summed E-state index contributed by atoms with van der Waals surface area (Å²) in [5.74, 6) is 0.00693.